The molecule has 2 aromatic carbocycles. The van der Waals surface area contributed by atoms with E-state index < -0.39 is 6.03 Å². The van der Waals surface area contributed by atoms with Crippen molar-refractivity contribution in [3.63, 3.8) is 0 Å². The number of anilines is 3. The third kappa shape index (κ3) is 5.74. The molecule has 0 radical (unpaired) electrons. The predicted molar refractivity (Wildman–Crippen MR) is 140 cm³/mol. The highest BCUT2D eigenvalue weighted by Gasteiger charge is 2.30. The fraction of sp³-hybridized carbons (Fsp3) is 0.360. The molecular weight excluding hydrogens is 505 g/mol. The lowest BCUT2D eigenvalue weighted by molar-refractivity contribution is -0.120. The molecule has 0 saturated heterocycles. The van der Waals surface area contributed by atoms with E-state index in [0.717, 1.165) is 16.8 Å². The number of halogens is 2. The Morgan fingerprint density at radius 2 is 1.42 bits per heavy atom. The topological polar surface area (TPSA) is 111 Å². The zero-order valence-corrected chi connectivity index (χ0v) is 21.2. The molecule has 2 aliphatic rings. The monoisotopic (exact) mass is 531 g/mol. The van der Waals surface area contributed by atoms with Crippen LogP contribution in [-0.4, -0.2) is 60.7 Å². The average molecular weight is 532 g/mol. The molecule has 9 nitrogen and oxygen atoms in total. The number of benzene rings is 2. The van der Waals surface area contributed by atoms with E-state index in [2.05, 4.69) is 16.0 Å². The number of hydrogen-bond acceptors (Lipinski definition) is 4. The molecule has 2 unspecified atom stereocenters. The maximum atomic E-state index is 12.8. The molecule has 190 valence electrons. The lowest BCUT2D eigenvalue weighted by atomic mass is 9.97. The highest BCUT2D eigenvalue weighted by molar-refractivity contribution is 6.30. The van der Waals surface area contributed by atoms with Crippen LogP contribution in [0.25, 0.3) is 0 Å². The van der Waals surface area contributed by atoms with Gasteiger partial charge in [-0.1, -0.05) is 18.2 Å². The number of carbonyl (C=O) groups excluding carboxylic acids is 4. The van der Waals surface area contributed by atoms with Crippen LogP contribution >= 0.6 is 23.2 Å². The standard InChI is InChI=1S/C25H27Cl2N5O4/c1-15(33)28-19-10-17-9-18(6-7-22(17)32(13-19)24(35)12-27)29-25(36)30-20-8-16-4-2-3-5-21(16)31(14-20)23(34)11-26/h2-7,9,19-20H,8,10-14H2,1H3,(H,28,33)(H2,29,30,36). The van der Waals surface area contributed by atoms with Gasteiger partial charge in [0, 0.05) is 37.1 Å². The Bertz CT molecular complexity index is 1190. The van der Waals surface area contributed by atoms with Gasteiger partial charge in [-0.25, -0.2) is 4.79 Å². The molecule has 2 atom stereocenters. The molecule has 5 amide bonds. The van der Waals surface area contributed by atoms with Gasteiger partial charge in [-0.05, 0) is 48.2 Å². The number of para-hydroxylation sites is 1. The summed E-state index contributed by atoms with van der Waals surface area (Å²) >= 11 is 11.6. The summed E-state index contributed by atoms with van der Waals surface area (Å²) in [6, 6.07) is 11.8. The van der Waals surface area contributed by atoms with Crippen LogP contribution < -0.4 is 25.8 Å². The normalized spacial score (nSPS) is 18.5. The first-order valence-electron chi connectivity index (χ1n) is 11.6. The maximum absolute atomic E-state index is 12.8. The SMILES string of the molecule is CC(=O)NC1Cc2cc(NC(=O)NC3Cc4ccccc4N(C(=O)CCl)C3)ccc2N(C(=O)CCl)C1. The van der Waals surface area contributed by atoms with E-state index >= 15 is 0 Å². The first-order chi connectivity index (χ1) is 17.3. The summed E-state index contributed by atoms with van der Waals surface area (Å²) in [7, 11) is 0. The first kappa shape index (κ1) is 25.8. The summed E-state index contributed by atoms with van der Waals surface area (Å²) in [4.78, 5) is 52.4. The lowest BCUT2D eigenvalue weighted by Gasteiger charge is -2.35. The van der Waals surface area contributed by atoms with Crippen LogP contribution in [0, 0.1) is 0 Å². The van der Waals surface area contributed by atoms with Crippen molar-refractivity contribution in [2.75, 3.05) is 40.0 Å². The highest BCUT2D eigenvalue weighted by atomic mass is 35.5. The summed E-state index contributed by atoms with van der Waals surface area (Å²) in [5, 5.41) is 8.64. The minimum absolute atomic E-state index is 0.148. The number of nitrogens with one attached hydrogen (secondary N) is 3. The molecule has 0 fully saturated rings. The van der Waals surface area contributed by atoms with Crippen molar-refractivity contribution in [2.45, 2.75) is 31.8 Å². The van der Waals surface area contributed by atoms with E-state index in [4.69, 9.17) is 23.2 Å². The minimum Gasteiger partial charge on any atom is -0.351 e. The molecule has 0 spiro atoms. The molecule has 0 bridgehead atoms. The van der Waals surface area contributed by atoms with E-state index in [1.54, 1.807) is 28.0 Å². The quantitative estimate of drug-likeness (QED) is 0.515. The zero-order valence-electron chi connectivity index (χ0n) is 19.7. The van der Waals surface area contributed by atoms with Gasteiger partial charge in [0.1, 0.15) is 11.8 Å². The Hall–Kier alpha value is -3.30. The summed E-state index contributed by atoms with van der Waals surface area (Å²) in [5.74, 6) is -1.00. The molecule has 2 heterocycles. The minimum atomic E-state index is -0.416. The van der Waals surface area contributed by atoms with Crippen LogP contribution in [0.4, 0.5) is 21.9 Å². The van der Waals surface area contributed by atoms with Gasteiger partial charge in [0.25, 0.3) is 0 Å². The molecule has 3 N–H and O–H groups in total. The summed E-state index contributed by atoms with van der Waals surface area (Å²) in [6.07, 6.45) is 1.08. The predicted octanol–water partition coefficient (Wildman–Crippen LogP) is 2.64. The van der Waals surface area contributed by atoms with Crippen LogP contribution in [-0.2, 0) is 27.2 Å². The van der Waals surface area contributed by atoms with E-state index in [1.807, 2.05) is 24.3 Å². The van der Waals surface area contributed by atoms with Crippen LogP contribution in [0.15, 0.2) is 42.5 Å². The molecular formula is C25H27Cl2N5O4. The smallest absolute Gasteiger partial charge is 0.319 e. The van der Waals surface area contributed by atoms with Gasteiger partial charge >= 0.3 is 6.03 Å². The van der Waals surface area contributed by atoms with Crippen LogP contribution in [0.5, 0.6) is 0 Å². The van der Waals surface area contributed by atoms with Crippen molar-refractivity contribution in [1.82, 2.24) is 10.6 Å². The molecule has 2 aromatic rings. The second-order valence-electron chi connectivity index (χ2n) is 8.85. The number of amides is 5. The zero-order chi connectivity index (χ0) is 25.8. The summed E-state index contributed by atoms with van der Waals surface area (Å²) in [5.41, 5.74) is 3.81. The maximum Gasteiger partial charge on any atom is 0.319 e. The van der Waals surface area contributed by atoms with Crippen LogP contribution in [0.1, 0.15) is 18.1 Å². The molecule has 4 rings (SSSR count). The van der Waals surface area contributed by atoms with Crippen LogP contribution in [0.2, 0.25) is 0 Å². The van der Waals surface area contributed by atoms with E-state index in [9.17, 15) is 19.2 Å². The van der Waals surface area contributed by atoms with Gasteiger partial charge in [-0.3, -0.25) is 14.4 Å². The van der Waals surface area contributed by atoms with Gasteiger partial charge in [-0.15, -0.1) is 23.2 Å². The fourth-order valence-electron chi connectivity index (χ4n) is 4.78. The molecule has 36 heavy (non-hydrogen) atoms. The summed E-state index contributed by atoms with van der Waals surface area (Å²) in [6.45, 7) is 2.07. The largest absolute Gasteiger partial charge is 0.351 e. The third-order valence-electron chi connectivity index (χ3n) is 6.22. The Labute approximate surface area is 219 Å². The Balaban J connectivity index is 1.47. The third-order valence-corrected chi connectivity index (χ3v) is 6.68. The van der Waals surface area contributed by atoms with Crippen molar-refractivity contribution < 1.29 is 19.2 Å². The first-order valence-corrected chi connectivity index (χ1v) is 12.6. The highest BCUT2D eigenvalue weighted by Crippen LogP contribution is 2.31. The number of carbonyl (C=O) groups is 4. The van der Waals surface area contributed by atoms with Gasteiger partial charge in [0.15, 0.2) is 0 Å². The van der Waals surface area contributed by atoms with E-state index in [1.165, 1.54) is 6.92 Å². The second kappa shape index (κ2) is 11.2. The van der Waals surface area contributed by atoms with Gasteiger partial charge in [-0.2, -0.15) is 0 Å². The lowest BCUT2D eigenvalue weighted by Crippen LogP contribution is -2.51. The van der Waals surface area contributed by atoms with E-state index in [-0.39, 0.29) is 41.6 Å². The number of alkyl halides is 2. The molecule has 0 aromatic heterocycles. The second-order valence-corrected chi connectivity index (χ2v) is 9.38. The van der Waals surface area contributed by atoms with Crippen molar-refractivity contribution in [1.29, 1.82) is 0 Å². The van der Waals surface area contributed by atoms with Gasteiger partial charge < -0.3 is 25.8 Å². The van der Waals surface area contributed by atoms with Gasteiger partial charge in [0.2, 0.25) is 17.7 Å². The van der Waals surface area contributed by atoms with Crippen molar-refractivity contribution in [2.24, 2.45) is 0 Å². The van der Waals surface area contributed by atoms with Crippen LogP contribution in [0.3, 0.4) is 0 Å². The number of urea groups is 1. The number of nitrogens with zero attached hydrogens (tertiary/aromatic N) is 2. The average Bonchev–Trinajstić information content (AvgIpc) is 2.86. The molecule has 0 aliphatic carbocycles. The summed E-state index contributed by atoms with van der Waals surface area (Å²) < 4.78 is 0. The number of fused-ring (bicyclic) bond motifs is 2. The van der Waals surface area contributed by atoms with Crippen molar-refractivity contribution in [3.8, 4) is 0 Å². The molecule has 0 saturated carbocycles. The van der Waals surface area contributed by atoms with Crippen molar-refractivity contribution in [3.05, 3.63) is 53.6 Å². The molecule has 2 aliphatic heterocycles. The Morgan fingerprint density at radius 1 is 0.833 bits per heavy atom. The Morgan fingerprint density at radius 3 is 2.06 bits per heavy atom. The Kier molecular flexibility index (Phi) is 8.01. The van der Waals surface area contributed by atoms with Gasteiger partial charge in [0.05, 0.1) is 12.1 Å². The van der Waals surface area contributed by atoms with Crippen molar-refractivity contribution >= 4 is 64.0 Å². The fourth-order valence-corrected chi connectivity index (χ4v) is 5.07. The molecule has 11 heteroatoms. The number of rotatable bonds is 5. The number of hydrogen-bond donors (Lipinski definition) is 3. The van der Waals surface area contributed by atoms with E-state index in [0.29, 0.717) is 37.3 Å².